The molecule has 5 nitrogen and oxygen atoms in total. The Kier molecular flexibility index (Phi) is 5.44. The molecular formula is C16H23NO4. The van der Waals surface area contributed by atoms with E-state index in [1.807, 2.05) is 23.1 Å². The average molecular weight is 293 g/mol. The zero-order valence-corrected chi connectivity index (χ0v) is 12.9. The van der Waals surface area contributed by atoms with E-state index in [2.05, 4.69) is 0 Å². The fraction of sp³-hybridized carbons (Fsp3) is 0.562. The highest BCUT2D eigenvalue weighted by Gasteiger charge is 2.22. The number of amides is 1. The molecule has 0 aromatic heterocycles. The van der Waals surface area contributed by atoms with Crippen molar-refractivity contribution in [1.82, 2.24) is 4.90 Å². The number of methoxy groups -OCH3 is 3. The molecule has 0 unspecified atom stereocenters. The SMILES string of the molecule is COc1ccc(CC(=O)N2CCC(OC)CC2)cc1OC. The molecule has 0 aliphatic carbocycles. The monoisotopic (exact) mass is 293 g/mol. The van der Waals surface area contributed by atoms with Gasteiger partial charge in [-0.25, -0.2) is 0 Å². The van der Waals surface area contributed by atoms with E-state index < -0.39 is 0 Å². The predicted octanol–water partition coefficient (Wildman–Crippen LogP) is 1.88. The smallest absolute Gasteiger partial charge is 0.226 e. The number of carbonyl (C=O) groups excluding carboxylic acids is 1. The summed E-state index contributed by atoms with van der Waals surface area (Å²) in [6, 6.07) is 5.60. The molecule has 1 heterocycles. The molecule has 0 N–H and O–H groups in total. The first-order chi connectivity index (χ1) is 10.2. The Balaban J connectivity index is 1.96. The molecule has 5 heteroatoms. The molecule has 0 spiro atoms. The van der Waals surface area contributed by atoms with Crippen LogP contribution in [-0.4, -0.2) is 51.3 Å². The summed E-state index contributed by atoms with van der Waals surface area (Å²) < 4.78 is 15.8. The number of benzene rings is 1. The highest BCUT2D eigenvalue weighted by atomic mass is 16.5. The first-order valence-electron chi connectivity index (χ1n) is 7.19. The van der Waals surface area contributed by atoms with Crippen molar-refractivity contribution in [3.05, 3.63) is 23.8 Å². The number of hydrogen-bond acceptors (Lipinski definition) is 4. The van der Waals surface area contributed by atoms with Gasteiger partial charge in [0.25, 0.3) is 0 Å². The Morgan fingerprint density at radius 2 is 1.81 bits per heavy atom. The zero-order chi connectivity index (χ0) is 15.2. The summed E-state index contributed by atoms with van der Waals surface area (Å²) in [4.78, 5) is 14.2. The van der Waals surface area contributed by atoms with E-state index in [-0.39, 0.29) is 12.0 Å². The zero-order valence-electron chi connectivity index (χ0n) is 12.9. The van der Waals surface area contributed by atoms with Gasteiger partial charge in [-0.3, -0.25) is 4.79 Å². The Morgan fingerprint density at radius 3 is 2.38 bits per heavy atom. The Hall–Kier alpha value is -1.75. The van der Waals surface area contributed by atoms with E-state index in [0.717, 1.165) is 31.5 Å². The number of likely N-dealkylation sites (tertiary alicyclic amines) is 1. The van der Waals surface area contributed by atoms with Crippen LogP contribution in [0.15, 0.2) is 18.2 Å². The van der Waals surface area contributed by atoms with E-state index in [9.17, 15) is 4.79 Å². The lowest BCUT2D eigenvalue weighted by molar-refractivity contribution is -0.132. The van der Waals surface area contributed by atoms with Gasteiger partial charge in [0.15, 0.2) is 11.5 Å². The maximum Gasteiger partial charge on any atom is 0.226 e. The van der Waals surface area contributed by atoms with Gasteiger partial charge in [-0.05, 0) is 30.5 Å². The highest BCUT2D eigenvalue weighted by Crippen LogP contribution is 2.28. The lowest BCUT2D eigenvalue weighted by Gasteiger charge is -2.31. The quantitative estimate of drug-likeness (QED) is 0.832. The van der Waals surface area contributed by atoms with E-state index in [1.54, 1.807) is 21.3 Å². The summed E-state index contributed by atoms with van der Waals surface area (Å²) in [5.41, 5.74) is 0.937. The van der Waals surface area contributed by atoms with Gasteiger partial charge in [-0.1, -0.05) is 6.07 Å². The van der Waals surface area contributed by atoms with Gasteiger partial charge in [0, 0.05) is 20.2 Å². The van der Waals surface area contributed by atoms with Gasteiger partial charge < -0.3 is 19.1 Å². The van der Waals surface area contributed by atoms with Gasteiger partial charge in [0.2, 0.25) is 5.91 Å². The molecule has 0 radical (unpaired) electrons. The number of piperidine rings is 1. The van der Waals surface area contributed by atoms with Crippen molar-refractivity contribution in [2.45, 2.75) is 25.4 Å². The third-order valence-electron chi connectivity index (χ3n) is 3.93. The normalized spacial score (nSPS) is 15.9. The van der Waals surface area contributed by atoms with E-state index in [0.29, 0.717) is 17.9 Å². The Labute approximate surface area is 125 Å². The van der Waals surface area contributed by atoms with Crippen LogP contribution in [-0.2, 0) is 16.0 Å². The molecule has 1 aliphatic heterocycles. The third kappa shape index (κ3) is 3.88. The Bertz CT molecular complexity index is 481. The Morgan fingerprint density at radius 1 is 1.14 bits per heavy atom. The molecule has 0 bridgehead atoms. The molecule has 2 rings (SSSR count). The topological polar surface area (TPSA) is 48.0 Å². The van der Waals surface area contributed by atoms with Gasteiger partial charge in [0.05, 0.1) is 26.7 Å². The maximum atomic E-state index is 12.3. The van der Waals surface area contributed by atoms with Crippen LogP contribution in [0.4, 0.5) is 0 Å². The first kappa shape index (κ1) is 15.6. The van der Waals surface area contributed by atoms with Crippen LogP contribution >= 0.6 is 0 Å². The lowest BCUT2D eigenvalue weighted by Crippen LogP contribution is -2.41. The molecule has 116 valence electrons. The lowest BCUT2D eigenvalue weighted by atomic mass is 10.1. The summed E-state index contributed by atoms with van der Waals surface area (Å²) >= 11 is 0. The van der Waals surface area contributed by atoms with Crippen LogP contribution in [0.2, 0.25) is 0 Å². The number of carbonyl (C=O) groups is 1. The van der Waals surface area contributed by atoms with E-state index >= 15 is 0 Å². The fourth-order valence-corrected chi connectivity index (χ4v) is 2.62. The third-order valence-corrected chi connectivity index (χ3v) is 3.93. The molecule has 0 saturated carbocycles. The molecule has 1 aliphatic rings. The van der Waals surface area contributed by atoms with Crippen molar-refractivity contribution in [2.24, 2.45) is 0 Å². The van der Waals surface area contributed by atoms with Crippen molar-refractivity contribution in [3.63, 3.8) is 0 Å². The first-order valence-corrected chi connectivity index (χ1v) is 7.19. The van der Waals surface area contributed by atoms with Crippen LogP contribution in [0.5, 0.6) is 11.5 Å². The summed E-state index contributed by atoms with van der Waals surface area (Å²) in [7, 11) is 4.92. The molecule has 21 heavy (non-hydrogen) atoms. The summed E-state index contributed by atoms with van der Waals surface area (Å²) in [6.07, 6.45) is 2.50. The number of rotatable bonds is 5. The standard InChI is InChI=1S/C16H23NO4/c1-19-13-6-8-17(9-7-13)16(18)11-12-4-5-14(20-2)15(10-12)21-3/h4-5,10,13H,6-9,11H2,1-3H3. The van der Waals surface area contributed by atoms with E-state index in [4.69, 9.17) is 14.2 Å². The van der Waals surface area contributed by atoms with Gasteiger partial charge in [-0.2, -0.15) is 0 Å². The fourth-order valence-electron chi connectivity index (χ4n) is 2.62. The van der Waals surface area contributed by atoms with Crippen LogP contribution in [0.1, 0.15) is 18.4 Å². The number of nitrogens with zero attached hydrogens (tertiary/aromatic N) is 1. The number of ether oxygens (including phenoxy) is 3. The van der Waals surface area contributed by atoms with Crippen LogP contribution in [0.3, 0.4) is 0 Å². The average Bonchev–Trinajstić information content (AvgIpc) is 2.54. The second kappa shape index (κ2) is 7.31. The van der Waals surface area contributed by atoms with Crippen LogP contribution in [0, 0.1) is 0 Å². The molecule has 1 fully saturated rings. The van der Waals surface area contributed by atoms with Crippen molar-refractivity contribution in [1.29, 1.82) is 0 Å². The minimum Gasteiger partial charge on any atom is -0.493 e. The van der Waals surface area contributed by atoms with Crippen molar-refractivity contribution in [2.75, 3.05) is 34.4 Å². The van der Waals surface area contributed by atoms with Crippen LogP contribution < -0.4 is 9.47 Å². The van der Waals surface area contributed by atoms with Crippen molar-refractivity contribution >= 4 is 5.91 Å². The van der Waals surface area contributed by atoms with Gasteiger partial charge in [-0.15, -0.1) is 0 Å². The molecular weight excluding hydrogens is 270 g/mol. The summed E-state index contributed by atoms with van der Waals surface area (Å²) in [5.74, 6) is 1.48. The summed E-state index contributed by atoms with van der Waals surface area (Å²) in [5, 5.41) is 0. The largest absolute Gasteiger partial charge is 0.493 e. The minimum atomic E-state index is 0.150. The molecule has 1 saturated heterocycles. The van der Waals surface area contributed by atoms with Crippen molar-refractivity contribution < 1.29 is 19.0 Å². The highest BCUT2D eigenvalue weighted by molar-refractivity contribution is 5.79. The molecule has 1 amide bonds. The molecule has 0 atom stereocenters. The second-order valence-corrected chi connectivity index (χ2v) is 5.18. The van der Waals surface area contributed by atoms with Crippen molar-refractivity contribution in [3.8, 4) is 11.5 Å². The second-order valence-electron chi connectivity index (χ2n) is 5.18. The minimum absolute atomic E-state index is 0.150. The maximum absolute atomic E-state index is 12.3. The van der Waals surface area contributed by atoms with Gasteiger partial charge >= 0.3 is 0 Å². The van der Waals surface area contributed by atoms with E-state index in [1.165, 1.54) is 0 Å². The number of hydrogen-bond donors (Lipinski definition) is 0. The molecule has 1 aromatic rings. The summed E-state index contributed by atoms with van der Waals surface area (Å²) in [6.45, 7) is 1.54. The molecule has 1 aromatic carbocycles. The van der Waals surface area contributed by atoms with Gasteiger partial charge in [0.1, 0.15) is 0 Å². The van der Waals surface area contributed by atoms with Crippen LogP contribution in [0.25, 0.3) is 0 Å². The predicted molar refractivity (Wildman–Crippen MR) is 79.9 cm³/mol.